The van der Waals surface area contributed by atoms with E-state index in [-0.39, 0.29) is 23.1 Å². The Labute approximate surface area is 158 Å². The summed E-state index contributed by atoms with van der Waals surface area (Å²) in [4.78, 5) is 11.4. The molecule has 2 aromatic rings. The van der Waals surface area contributed by atoms with Crippen molar-refractivity contribution in [1.82, 2.24) is 4.72 Å². The molecule has 0 unspecified atom stereocenters. The highest BCUT2D eigenvalue weighted by Crippen LogP contribution is 2.30. The average Bonchev–Trinajstić information content (AvgIpc) is 2.61. The molecule has 1 aliphatic rings. The first kappa shape index (κ1) is 19.2. The predicted octanol–water partition coefficient (Wildman–Crippen LogP) is 2.24. The van der Waals surface area contributed by atoms with Gasteiger partial charge in [-0.15, -0.1) is 0 Å². The molecule has 0 spiro atoms. The Balaban J connectivity index is 1.85. The van der Waals surface area contributed by atoms with E-state index in [0.29, 0.717) is 12.2 Å². The van der Waals surface area contributed by atoms with Gasteiger partial charge >= 0.3 is 0 Å². The van der Waals surface area contributed by atoms with Crippen molar-refractivity contribution in [2.24, 2.45) is 0 Å². The number of amides is 1. The van der Waals surface area contributed by atoms with Gasteiger partial charge in [0, 0.05) is 6.92 Å². The molecule has 0 saturated heterocycles. The largest absolute Gasteiger partial charge is 0.497 e. The molecule has 0 radical (unpaired) electrons. The van der Waals surface area contributed by atoms with Gasteiger partial charge < -0.3 is 14.8 Å². The number of methoxy groups -OCH3 is 1. The Kier molecular flexibility index (Phi) is 5.38. The second kappa shape index (κ2) is 7.58. The van der Waals surface area contributed by atoms with Gasteiger partial charge in [0.25, 0.3) is 0 Å². The third kappa shape index (κ3) is 4.40. The summed E-state index contributed by atoms with van der Waals surface area (Å²) in [5.41, 5.74) is 1.90. The number of ether oxygens (including phenoxy) is 2. The number of fused-ring (bicyclic) bond motifs is 1. The molecule has 2 N–H and O–H groups in total. The van der Waals surface area contributed by atoms with E-state index >= 15 is 0 Å². The van der Waals surface area contributed by atoms with Crippen LogP contribution in [0.3, 0.4) is 0 Å². The first-order valence-corrected chi connectivity index (χ1v) is 9.97. The van der Waals surface area contributed by atoms with Crippen LogP contribution in [0.15, 0.2) is 41.3 Å². The van der Waals surface area contributed by atoms with Crippen molar-refractivity contribution in [2.75, 3.05) is 19.0 Å². The maximum absolute atomic E-state index is 12.9. The molecular weight excluding hydrogens is 368 g/mol. The summed E-state index contributed by atoms with van der Waals surface area (Å²) in [6, 6.07) is 9.89. The lowest BCUT2D eigenvalue weighted by Gasteiger charge is -2.26. The van der Waals surface area contributed by atoms with E-state index in [1.807, 2.05) is 12.1 Å². The monoisotopic (exact) mass is 390 g/mol. The molecule has 0 aromatic heterocycles. The topological polar surface area (TPSA) is 93.7 Å². The van der Waals surface area contributed by atoms with E-state index < -0.39 is 16.1 Å². The number of carbonyl (C=O) groups is 1. The minimum Gasteiger partial charge on any atom is -0.497 e. The summed E-state index contributed by atoms with van der Waals surface area (Å²) in [7, 11) is -2.28. The van der Waals surface area contributed by atoms with Crippen molar-refractivity contribution in [3.05, 3.63) is 47.5 Å². The predicted molar refractivity (Wildman–Crippen MR) is 102 cm³/mol. The lowest BCUT2D eigenvalue weighted by Crippen LogP contribution is -2.42. The SMILES string of the molecule is COc1ccc2c(c1)C[C@@H](NS(=O)(=O)c1cc(C)ccc1NC(C)=O)CO2. The van der Waals surface area contributed by atoms with Crippen LogP contribution in [0.1, 0.15) is 18.1 Å². The molecule has 0 fully saturated rings. The Hall–Kier alpha value is -2.58. The minimum absolute atomic E-state index is 0.0362. The molecule has 3 rings (SSSR count). The van der Waals surface area contributed by atoms with Crippen LogP contribution >= 0.6 is 0 Å². The van der Waals surface area contributed by atoms with Crippen molar-refractivity contribution in [3.63, 3.8) is 0 Å². The average molecular weight is 390 g/mol. The van der Waals surface area contributed by atoms with Crippen LogP contribution in [0, 0.1) is 6.92 Å². The number of hydrogen-bond donors (Lipinski definition) is 2. The first-order chi connectivity index (χ1) is 12.8. The number of carbonyl (C=O) groups excluding carboxylic acids is 1. The van der Waals surface area contributed by atoms with Crippen LogP contribution in [-0.4, -0.2) is 34.1 Å². The van der Waals surface area contributed by atoms with Crippen molar-refractivity contribution >= 4 is 21.6 Å². The molecule has 2 aromatic carbocycles. The molecule has 1 amide bonds. The molecule has 144 valence electrons. The molecule has 1 heterocycles. The zero-order valence-electron chi connectivity index (χ0n) is 15.4. The molecule has 1 aliphatic heterocycles. The van der Waals surface area contributed by atoms with Gasteiger partial charge in [0.1, 0.15) is 23.0 Å². The van der Waals surface area contributed by atoms with Crippen LogP contribution < -0.4 is 19.5 Å². The summed E-state index contributed by atoms with van der Waals surface area (Å²) in [6.45, 7) is 3.35. The van der Waals surface area contributed by atoms with Gasteiger partial charge in [-0.2, -0.15) is 0 Å². The number of benzene rings is 2. The highest BCUT2D eigenvalue weighted by atomic mass is 32.2. The second-order valence-electron chi connectivity index (χ2n) is 6.49. The summed E-state index contributed by atoms with van der Waals surface area (Å²) < 4.78 is 39.5. The van der Waals surface area contributed by atoms with Crippen molar-refractivity contribution < 1.29 is 22.7 Å². The lowest BCUT2D eigenvalue weighted by molar-refractivity contribution is -0.114. The van der Waals surface area contributed by atoms with Crippen LogP contribution in [0.4, 0.5) is 5.69 Å². The highest BCUT2D eigenvalue weighted by molar-refractivity contribution is 7.89. The van der Waals surface area contributed by atoms with Crippen LogP contribution in [0.2, 0.25) is 0 Å². The maximum atomic E-state index is 12.9. The number of sulfonamides is 1. The van der Waals surface area contributed by atoms with Crippen LogP contribution in [0.5, 0.6) is 11.5 Å². The Morgan fingerprint density at radius 2 is 2.00 bits per heavy atom. The van der Waals surface area contributed by atoms with Gasteiger partial charge in [-0.05, 0) is 54.8 Å². The smallest absolute Gasteiger partial charge is 0.243 e. The molecular formula is C19H22N2O5S. The van der Waals surface area contributed by atoms with Gasteiger partial charge in [0.05, 0.1) is 18.8 Å². The third-order valence-electron chi connectivity index (χ3n) is 4.23. The number of rotatable bonds is 5. The number of nitrogens with one attached hydrogen (secondary N) is 2. The van der Waals surface area contributed by atoms with Crippen molar-refractivity contribution in [3.8, 4) is 11.5 Å². The van der Waals surface area contributed by atoms with E-state index in [2.05, 4.69) is 10.0 Å². The fourth-order valence-corrected chi connectivity index (χ4v) is 4.47. The third-order valence-corrected chi connectivity index (χ3v) is 5.79. The molecule has 0 bridgehead atoms. The molecule has 8 heteroatoms. The quantitative estimate of drug-likeness (QED) is 0.817. The second-order valence-corrected chi connectivity index (χ2v) is 8.17. The zero-order chi connectivity index (χ0) is 19.6. The number of aryl methyl sites for hydroxylation is 1. The molecule has 0 saturated carbocycles. The molecule has 27 heavy (non-hydrogen) atoms. The van der Waals surface area contributed by atoms with Gasteiger partial charge in [-0.3, -0.25) is 4.79 Å². The van der Waals surface area contributed by atoms with Gasteiger partial charge in [-0.25, -0.2) is 13.1 Å². The van der Waals surface area contributed by atoms with E-state index in [1.54, 1.807) is 32.2 Å². The fraction of sp³-hybridized carbons (Fsp3) is 0.316. The molecule has 7 nitrogen and oxygen atoms in total. The highest BCUT2D eigenvalue weighted by Gasteiger charge is 2.27. The summed E-state index contributed by atoms with van der Waals surface area (Å²) in [5, 5.41) is 2.57. The Morgan fingerprint density at radius 3 is 2.70 bits per heavy atom. The zero-order valence-corrected chi connectivity index (χ0v) is 16.2. The van der Waals surface area contributed by atoms with E-state index in [0.717, 1.165) is 16.9 Å². The van der Waals surface area contributed by atoms with Gasteiger partial charge in [0.2, 0.25) is 15.9 Å². The van der Waals surface area contributed by atoms with E-state index in [1.165, 1.54) is 13.0 Å². The molecule has 0 aliphatic carbocycles. The number of anilines is 1. The van der Waals surface area contributed by atoms with Gasteiger partial charge in [0.15, 0.2) is 0 Å². The summed E-state index contributed by atoms with van der Waals surface area (Å²) in [6.07, 6.45) is 0.479. The van der Waals surface area contributed by atoms with Gasteiger partial charge in [-0.1, -0.05) is 6.07 Å². The van der Waals surface area contributed by atoms with E-state index in [4.69, 9.17) is 9.47 Å². The van der Waals surface area contributed by atoms with Crippen molar-refractivity contribution in [1.29, 1.82) is 0 Å². The standard InChI is InChI=1S/C19H22N2O5S/c1-12-4-6-17(20-13(2)22)19(8-12)27(23,24)21-15-9-14-10-16(25-3)5-7-18(14)26-11-15/h4-8,10,15,21H,9,11H2,1-3H3,(H,20,22)/t15-/m1/s1. The summed E-state index contributed by atoms with van der Waals surface area (Å²) in [5.74, 6) is 1.07. The van der Waals surface area contributed by atoms with Crippen LogP contribution in [0.25, 0.3) is 0 Å². The lowest BCUT2D eigenvalue weighted by atomic mass is 10.0. The normalized spacial score (nSPS) is 16.2. The maximum Gasteiger partial charge on any atom is 0.243 e. The fourth-order valence-electron chi connectivity index (χ4n) is 3.00. The Morgan fingerprint density at radius 1 is 1.22 bits per heavy atom. The van der Waals surface area contributed by atoms with E-state index in [9.17, 15) is 13.2 Å². The molecule has 1 atom stereocenters. The number of hydrogen-bond acceptors (Lipinski definition) is 5. The van der Waals surface area contributed by atoms with Crippen molar-refractivity contribution in [2.45, 2.75) is 31.2 Å². The minimum atomic E-state index is -3.85. The summed E-state index contributed by atoms with van der Waals surface area (Å²) >= 11 is 0. The first-order valence-electron chi connectivity index (χ1n) is 8.49. The van der Waals surface area contributed by atoms with Crippen LogP contribution in [-0.2, 0) is 21.2 Å². The Bertz CT molecular complexity index is 972.